The van der Waals surface area contributed by atoms with E-state index in [2.05, 4.69) is 5.10 Å². The van der Waals surface area contributed by atoms with Gasteiger partial charge in [-0.2, -0.15) is 9.78 Å². The molecule has 2 aromatic rings. The summed E-state index contributed by atoms with van der Waals surface area (Å²) < 4.78 is 11.8. The summed E-state index contributed by atoms with van der Waals surface area (Å²) in [4.78, 5) is 24.7. The van der Waals surface area contributed by atoms with E-state index in [4.69, 9.17) is 9.47 Å². The molecule has 0 saturated heterocycles. The fourth-order valence-corrected chi connectivity index (χ4v) is 1.99. The van der Waals surface area contributed by atoms with Crippen LogP contribution in [0.15, 0.2) is 24.3 Å². The lowest BCUT2D eigenvalue weighted by Gasteiger charge is -2.19. The van der Waals surface area contributed by atoms with Gasteiger partial charge in [0.05, 0.1) is 5.52 Å². The minimum absolute atomic E-state index is 0.0985. The third kappa shape index (κ3) is 4.09. The Morgan fingerprint density at radius 3 is 2.09 bits per heavy atom. The monoisotopic (exact) mass is 318 g/mol. The van der Waals surface area contributed by atoms with E-state index in [0.29, 0.717) is 10.9 Å². The summed E-state index contributed by atoms with van der Waals surface area (Å²) in [6.45, 7) is 10.6. The van der Waals surface area contributed by atoms with Crippen LogP contribution in [0.25, 0.3) is 10.9 Å². The molecule has 0 radical (unpaired) electrons. The van der Waals surface area contributed by atoms with Gasteiger partial charge in [0.2, 0.25) is 0 Å². The van der Waals surface area contributed by atoms with E-state index < -0.39 is 23.3 Å². The van der Waals surface area contributed by atoms with Crippen molar-refractivity contribution in [1.82, 2.24) is 9.78 Å². The van der Waals surface area contributed by atoms with Crippen molar-refractivity contribution in [3.05, 3.63) is 30.0 Å². The largest absolute Gasteiger partial charge is 0.455 e. The van der Waals surface area contributed by atoms with E-state index in [1.807, 2.05) is 0 Å². The van der Waals surface area contributed by atoms with Crippen LogP contribution < -0.4 is 0 Å². The molecule has 2 rings (SSSR count). The van der Waals surface area contributed by atoms with E-state index in [-0.39, 0.29) is 5.69 Å². The molecule has 1 heterocycles. The van der Waals surface area contributed by atoms with Crippen molar-refractivity contribution in [2.24, 2.45) is 0 Å². The highest BCUT2D eigenvalue weighted by Gasteiger charge is 2.27. The molecule has 0 saturated carbocycles. The number of fused-ring (bicyclic) bond motifs is 1. The van der Waals surface area contributed by atoms with Gasteiger partial charge in [0.25, 0.3) is 0 Å². The number of carbonyl (C=O) groups is 2. The Balaban J connectivity index is 2.48. The first-order chi connectivity index (χ1) is 10.5. The van der Waals surface area contributed by atoms with Crippen molar-refractivity contribution < 1.29 is 19.1 Å². The lowest BCUT2D eigenvalue weighted by Crippen LogP contribution is -2.28. The molecule has 0 atom stereocenters. The molecule has 1 aromatic carbocycles. The Bertz CT molecular complexity index is 686. The number of ether oxygens (including phenoxy) is 2. The molecule has 0 aliphatic heterocycles. The molecule has 1 aromatic heterocycles. The number of aromatic nitrogens is 2. The molecule has 0 aliphatic carbocycles. The van der Waals surface area contributed by atoms with Crippen LogP contribution in [-0.2, 0) is 9.47 Å². The number of nitrogens with zero attached hydrogens (tertiary/aromatic N) is 2. The van der Waals surface area contributed by atoms with Crippen LogP contribution in [-0.4, -0.2) is 33.0 Å². The molecule has 0 spiro atoms. The van der Waals surface area contributed by atoms with Crippen LogP contribution in [0.3, 0.4) is 0 Å². The number of hydrogen-bond acceptors (Lipinski definition) is 5. The molecule has 0 N–H and O–H groups in total. The normalized spacial score (nSPS) is 12.3. The van der Waals surface area contributed by atoms with Crippen LogP contribution in [0.4, 0.5) is 4.79 Å². The SMILES string of the molecule is CC(C)(C)OC(=O)c1nn(C(=O)OC(C)(C)C)c2ccccc12. The lowest BCUT2D eigenvalue weighted by atomic mass is 10.2. The fourth-order valence-electron chi connectivity index (χ4n) is 1.99. The highest BCUT2D eigenvalue weighted by atomic mass is 16.6. The fraction of sp³-hybridized carbons (Fsp3) is 0.471. The van der Waals surface area contributed by atoms with Crippen molar-refractivity contribution >= 4 is 23.0 Å². The maximum Gasteiger partial charge on any atom is 0.435 e. The van der Waals surface area contributed by atoms with Crippen molar-refractivity contribution in [3.63, 3.8) is 0 Å². The minimum Gasteiger partial charge on any atom is -0.455 e. The van der Waals surface area contributed by atoms with Gasteiger partial charge in [-0.1, -0.05) is 18.2 Å². The number of carbonyl (C=O) groups excluding carboxylic acids is 2. The molecular formula is C17H22N2O4. The number of hydrogen-bond donors (Lipinski definition) is 0. The highest BCUT2D eigenvalue weighted by molar-refractivity contribution is 6.04. The Morgan fingerprint density at radius 1 is 0.957 bits per heavy atom. The molecule has 6 nitrogen and oxygen atoms in total. The first kappa shape index (κ1) is 17.0. The van der Waals surface area contributed by atoms with Gasteiger partial charge in [0.15, 0.2) is 5.69 Å². The maximum atomic E-state index is 12.3. The Morgan fingerprint density at radius 2 is 1.52 bits per heavy atom. The second-order valence-corrected chi connectivity index (χ2v) is 7.26. The van der Waals surface area contributed by atoms with Gasteiger partial charge in [0.1, 0.15) is 11.2 Å². The van der Waals surface area contributed by atoms with E-state index in [9.17, 15) is 9.59 Å². The summed E-state index contributed by atoms with van der Waals surface area (Å²) >= 11 is 0. The molecule has 0 amide bonds. The molecular weight excluding hydrogens is 296 g/mol. The van der Waals surface area contributed by atoms with Gasteiger partial charge in [-0.15, -0.1) is 0 Å². The summed E-state index contributed by atoms with van der Waals surface area (Å²) in [5, 5.41) is 4.67. The first-order valence-electron chi connectivity index (χ1n) is 7.42. The number of para-hydroxylation sites is 1. The van der Waals surface area contributed by atoms with E-state index in [0.717, 1.165) is 4.68 Å². The second kappa shape index (κ2) is 5.68. The van der Waals surface area contributed by atoms with Crippen LogP contribution in [0.5, 0.6) is 0 Å². The van der Waals surface area contributed by atoms with Crippen LogP contribution >= 0.6 is 0 Å². The molecule has 0 bridgehead atoms. The zero-order valence-electron chi connectivity index (χ0n) is 14.3. The standard InChI is InChI=1S/C17H22N2O4/c1-16(2,3)22-14(20)13-11-9-7-8-10-12(11)19(18-13)15(21)23-17(4,5)6/h7-10H,1-6H3. The Hall–Kier alpha value is -2.37. The van der Waals surface area contributed by atoms with E-state index >= 15 is 0 Å². The van der Waals surface area contributed by atoms with Gasteiger partial charge in [-0.25, -0.2) is 9.59 Å². The Kier molecular flexibility index (Phi) is 4.20. The van der Waals surface area contributed by atoms with E-state index in [1.165, 1.54) is 0 Å². The Labute approximate surface area is 135 Å². The predicted molar refractivity (Wildman–Crippen MR) is 86.5 cm³/mol. The smallest absolute Gasteiger partial charge is 0.435 e. The van der Waals surface area contributed by atoms with Crippen molar-refractivity contribution in [1.29, 1.82) is 0 Å². The van der Waals surface area contributed by atoms with Crippen molar-refractivity contribution in [2.45, 2.75) is 52.7 Å². The highest BCUT2D eigenvalue weighted by Crippen LogP contribution is 2.22. The van der Waals surface area contributed by atoms with Crippen LogP contribution in [0, 0.1) is 0 Å². The van der Waals surface area contributed by atoms with Gasteiger partial charge >= 0.3 is 12.1 Å². The minimum atomic E-state index is -0.657. The maximum absolute atomic E-state index is 12.3. The number of esters is 1. The number of benzene rings is 1. The zero-order valence-corrected chi connectivity index (χ0v) is 14.3. The van der Waals surface area contributed by atoms with Gasteiger partial charge in [-0.3, -0.25) is 0 Å². The summed E-state index contributed by atoms with van der Waals surface area (Å²) in [6, 6.07) is 6.98. The average Bonchev–Trinajstić information content (AvgIpc) is 2.74. The predicted octanol–water partition coefficient (Wildman–Crippen LogP) is 3.77. The molecule has 6 heteroatoms. The molecule has 0 unspecified atom stereocenters. The van der Waals surface area contributed by atoms with Crippen LogP contribution in [0.1, 0.15) is 52.0 Å². The quantitative estimate of drug-likeness (QED) is 0.748. The number of rotatable bonds is 1. The molecule has 124 valence electrons. The van der Waals surface area contributed by atoms with Gasteiger partial charge in [0, 0.05) is 5.39 Å². The van der Waals surface area contributed by atoms with Crippen LogP contribution in [0.2, 0.25) is 0 Å². The van der Waals surface area contributed by atoms with Crippen molar-refractivity contribution in [2.75, 3.05) is 0 Å². The van der Waals surface area contributed by atoms with Crippen molar-refractivity contribution in [3.8, 4) is 0 Å². The molecule has 23 heavy (non-hydrogen) atoms. The summed E-state index contributed by atoms with van der Waals surface area (Å²) in [7, 11) is 0. The second-order valence-electron chi connectivity index (χ2n) is 7.26. The summed E-state index contributed by atoms with van der Waals surface area (Å²) in [5.41, 5.74) is -0.701. The third-order valence-electron chi connectivity index (χ3n) is 2.75. The summed E-state index contributed by atoms with van der Waals surface area (Å²) in [6.07, 6.45) is -0.636. The van der Waals surface area contributed by atoms with Gasteiger partial charge < -0.3 is 9.47 Å². The molecule has 0 aliphatic rings. The van der Waals surface area contributed by atoms with E-state index in [1.54, 1.807) is 65.8 Å². The first-order valence-corrected chi connectivity index (χ1v) is 7.42. The van der Waals surface area contributed by atoms with Gasteiger partial charge in [-0.05, 0) is 47.6 Å². The average molecular weight is 318 g/mol. The zero-order chi connectivity index (χ0) is 17.4. The lowest BCUT2D eigenvalue weighted by molar-refractivity contribution is 0.00643. The summed E-state index contributed by atoms with van der Waals surface area (Å²) in [5.74, 6) is -0.573. The molecule has 0 fully saturated rings. The topological polar surface area (TPSA) is 70.4 Å². The third-order valence-corrected chi connectivity index (χ3v) is 2.75.